The molecule has 1 fully saturated rings. The average Bonchev–Trinajstić information content (AvgIpc) is 3.26. The molecule has 178 valence electrons. The van der Waals surface area contributed by atoms with Crippen LogP contribution in [-0.2, 0) is 15.9 Å². The van der Waals surface area contributed by atoms with Gasteiger partial charge in [0.05, 0.1) is 11.8 Å². The van der Waals surface area contributed by atoms with Crippen LogP contribution in [0.25, 0.3) is 11.5 Å². The molecule has 0 unspecified atom stereocenters. The highest BCUT2D eigenvalue weighted by atomic mass is 127. The zero-order valence-corrected chi connectivity index (χ0v) is 21.2. The Hall–Kier alpha value is -1.72. The van der Waals surface area contributed by atoms with Crippen molar-refractivity contribution in [2.75, 3.05) is 46.5 Å². The number of aliphatic imine (C=N–C) groups is 1. The number of nitrogens with zero attached hydrogens (tertiary/aromatic N) is 3. The highest BCUT2D eigenvalue weighted by Crippen LogP contribution is 2.19. The topological polar surface area (TPSA) is 72.1 Å². The first kappa shape index (κ1) is 26.5. The molecule has 2 heterocycles. The number of nitrogens with one attached hydrogen (secondary N) is 1. The molecule has 2 aromatic rings. The van der Waals surface area contributed by atoms with Crippen molar-refractivity contribution in [3.8, 4) is 11.5 Å². The number of benzene rings is 1. The van der Waals surface area contributed by atoms with Crippen LogP contribution in [0.15, 0.2) is 39.9 Å². The molecule has 0 saturated carbocycles. The summed E-state index contributed by atoms with van der Waals surface area (Å²) >= 11 is 0. The number of likely N-dealkylation sites (tertiary alicyclic amines) is 1. The Morgan fingerprint density at radius 1 is 1.25 bits per heavy atom. The monoisotopic (exact) mass is 560 g/mol. The van der Waals surface area contributed by atoms with E-state index in [-0.39, 0.29) is 29.8 Å². The minimum absolute atomic E-state index is 0. The number of piperidine rings is 1. The zero-order chi connectivity index (χ0) is 21.9. The van der Waals surface area contributed by atoms with Crippen molar-refractivity contribution in [1.29, 1.82) is 0 Å². The zero-order valence-electron chi connectivity index (χ0n) is 18.9. The van der Waals surface area contributed by atoms with Gasteiger partial charge in [0.1, 0.15) is 12.1 Å². The van der Waals surface area contributed by atoms with E-state index in [4.69, 9.17) is 18.9 Å². The number of guanidine groups is 1. The van der Waals surface area contributed by atoms with Crippen molar-refractivity contribution in [3.05, 3.63) is 42.0 Å². The van der Waals surface area contributed by atoms with Crippen LogP contribution in [0.5, 0.6) is 0 Å². The summed E-state index contributed by atoms with van der Waals surface area (Å²) in [5.41, 5.74) is 1.60. The third-order valence-corrected chi connectivity index (χ3v) is 5.20. The number of halogens is 2. The lowest BCUT2D eigenvalue weighted by Gasteiger charge is -2.34. The quantitative estimate of drug-likeness (QED) is 0.204. The molecule has 0 atom stereocenters. The van der Waals surface area contributed by atoms with Crippen molar-refractivity contribution in [2.45, 2.75) is 38.7 Å². The van der Waals surface area contributed by atoms with Crippen LogP contribution in [0.3, 0.4) is 0 Å². The summed E-state index contributed by atoms with van der Waals surface area (Å²) in [5, 5.41) is 3.39. The molecule has 0 bridgehead atoms. The highest BCUT2D eigenvalue weighted by Gasteiger charge is 2.21. The SMILES string of the molecule is CCNC(=NCCc1coc(-c2ccc(F)cc2)n1)N1CCC(OCCCOC)CC1.I. The lowest BCUT2D eigenvalue weighted by Crippen LogP contribution is -2.47. The van der Waals surface area contributed by atoms with Gasteiger partial charge in [0, 0.05) is 58.5 Å². The number of methoxy groups -OCH3 is 1. The van der Waals surface area contributed by atoms with Gasteiger partial charge in [-0.05, 0) is 50.5 Å². The second-order valence-electron chi connectivity index (χ2n) is 7.54. The second kappa shape index (κ2) is 14.4. The van der Waals surface area contributed by atoms with E-state index in [1.807, 2.05) is 0 Å². The Morgan fingerprint density at radius 3 is 2.69 bits per heavy atom. The van der Waals surface area contributed by atoms with Crippen LogP contribution in [0.2, 0.25) is 0 Å². The van der Waals surface area contributed by atoms with Gasteiger partial charge in [-0.2, -0.15) is 0 Å². The van der Waals surface area contributed by atoms with Crippen LogP contribution in [0.1, 0.15) is 31.9 Å². The van der Waals surface area contributed by atoms with Crippen LogP contribution >= 0.6 is 24.0 Å². The number of ether oxygens (including phenoxy) is 2. The first-order valence-corrected chi connectivity index (χ1v) is 11.0. The average molecular weight is 560 g/mol. The smallest absolute Gasteiger partial charge is 0.226 e. The summed E-state index contributed by atoms with van der Waals surface area (Å²) in [4.78, 5) is 11.6. The molecular weight excluding hydrogens is 526 g/mol. The maximum absolute atomic E-state index is 13.1. The molecule has 0 aliphatic carbocycles. The van der Waals surface area contributed by atoms with Gasteiger partial charge < -0.3 is 24.1 Å². The Bertz CT molecular complexity index is 808. The van der Waals surface area contributed by atoms with E-state index in [0.29, 0.717) is 25.0 Å². The van der Waals surface area contributed by atoms with Gasteiger partial charge in [0.15, 0.2) is 5.96 Å². The Labute approximate surface area is 206 Å². The minimum atomic E-state index is -0.275. The molecular formula is C23H34FIN4O3. The van der Waals surface area contributed by atoms with Gasteiger partial charge in [-0.3, -0.25) is 4.99 Å². The Morgan fingerprint density at radius 2 is 2.00 bits per heavy atom. The second-order valence-corrected chi connectivity index (χ2v) is 7.54. The van der Waals surface area contributed by atoms with Gasteiger partial charge in [-0.1, -0.05) is 0 Å². The maximum atomic E-state index is 13.1. The first-order valence-electron chi connectivity index (χ1n) is 11.0. The lowest BCUT2D eigenvalue weighted by atomic mass is 10.1. The lowest BCUT2D eigenvalue weighted by molar-refractivity contribution is 0.00991. The molecule has 0 radical (unpaired) electrons. The Kier molecular flexibility index (Phi) is 12.0. The molecule has 7 nitrogen and oxygen atoms in total. The third-order valence-electron chi connectivity index (χ3n) is 5.20. The van der Waals surface area contributed by atoms with Crippen LogP contribution in [0.4, 0.5) is 4.39 Å². The molecule has 1 aromatic carbocycles. The molecule has 1 N–H and O–H groups in total. The molecule has 1 saturated heterocycles. The van der Waals surface area contributed by atoms with Crippen molar-refractivity contribution in [1.82, 2.24) is 15.2 Å². The fourth-order valence-electron chi connectivity index (χ4n) is 3.54. The van der Waals surface area contributed by atoms with Crippen LogP contribution < -0.4 is 5.32 Å². The first-order chi connectivity index (χ1) is 15.2. The van der Waals surface area contributed by atoms with E-state index in [0.717, 1.165) is 69.3 Å². The van der Waals surface area contributed by atoms with Gasteiger partial charge in [0.2, 0.25) is 5.89 Å². The van der Waals surface area contributed by atoms with Crippen LogP contribution in [0, 0.1) is 5.82 Å². The molecule has 9 heteroatoms. The van der Waals surface area contributed by atoms with E-state index in [9.17, 15) is 4.39 Å². The summed E-state index contributed by atoms with van der Waals surface area (Å²) in [6.45, 7) is 6.88. The summed E-state index contributed by atoms with van der Waals surface area (Å²) in [6, 6.07) is 6.13. The molecule has 0 spiro atoms. The molecule has 1 aromatic heterocycles. The summed E-state index contributed by atoms with van der Waals surface area (Å²) in [5.74, 6) is 1.16. The van der Waals surface area contributed by atoms with E-state index in [2.05, 4.69) is 22.1 Å². The van der Waals surface area contributed by atoms with Gasteiger partial charge >= 0.3 is 0 Å². The number of aromatic nitrogens is 1. The molecule has 3 rings (SSSR count). The number of hydrogen-bond acceptors (Lipinski definition) is 5. The van der Waals surface area contributed by atoms with Gasteiger partial charge in [0.25, 0.3) is 0 Å². The number of hydrogen-bond donors (Lipinski definition) is 1. The summed E-state index contributed by atoms with van der Waals surface area (Å²) in [7, 11) is 1.72. The third kappa shape index (κ3) is 8.32. The van der Waals surface area contributed by atoms with Crippen molar-refractivity contribution in [2.24, 2.45) is 4.99 Å². The minimum Gasteiger partial charge on any atom is -0.444 e. The maximum Gasteiger partial charge on any atom is 0.226 e. The van der Waals surface area contributed by atoms with E-state index >= 15 is 0 Å². The fraction of sp³-hybridized carbons (Fsp3) is 0.565. The van der Waals surface area contributed by atoms with Crippen molar-refractivity contribution in [3.63, 3.8) is 0 Å². The molecule has 1 aliphatic heterocycles. The molecule has 0 amide bonds. The van der Waals surface area contributed by atoms with Crippen LogP contribution in [-0.4, -0.2) is 68.4 Å². The number of rotatable bonds is 10. The standard InChI is InChI=1S/C23H33FN4O3.HI/c1-3-25-23(28-13-10-21(11-14-28)30-16-4-15-29-2)26-12-9-20-17-31-22(27-20)18-5-7-19(24)8-6-18;/h5-8,17,21H,3-4,9-16H2,1-2H3,(H,25,26);1H. The van der Waals surface area contributed by atoms with Crippen molar-refractivity contribution < 1.29 is 18.3 Å². The fourth-order valence-corrected chi connectivity index (χ4v) is 3.54. The normalized spacial score (nSPS) is 15.0. The van der Waals surface area contributed by atoms with Gasteiger partial charge in [-0.15, -0.1) is 24.0 Å². The van der Waals surface area contributed by atoms with E-state index in [1.54, 1.807) is 25.5 Å². The largest absolute Gasteiger partial charge is 0.444 e. The number of oxazole rings is 1. The van der Waals surface area contributed by atoms with E-state index in [1.165, 1.54) is 12.1 Å². The Balaban J connectivity index is 0.00000363. The highest BCUT2D eigenvalue weighted by molar-refractivity contribution is 14.0. The summed E-state index contributed by atoms with van der Waals surface area (Å²) < 4.78 is 29.6. The van der Waals surface area contributed by atoms with Gasteiger partial charge in [-0.25, -0.2) is 9.37 Å². The van der Waals surface area contributed by atoms with E-state index < -0.39 is 0 Å². The van der Waals surface area contributed by atoms with Crippen molar-refractivity contribution >= 4 is 29.9 Å². The predicted octanol–water partition coefficient (Wildman–Crippen LogP) is 4.12. The molecule has 1 aliphatic rings. The summed E-state index contributed by atoms with van der Waals surface area (Å²) in [6.07, 6.45) is 5.58. The predicted molar refractivity (Wildman–Crippen MR) is 134 cm³/mol. The molecule has 32 heavy (non-hydrogen) atoms.